The van der Waals surface area contributed by atoms with E-state index in [-0.39, 0.29) is 6.04 Å². The average Bonchev–Trinajstić information content (AvgIpc) is 2.85. The minimum atomic E-state index is -0.0413. The molecule has 0 aliphatic rings. The third kappa shape index (κ3) is 2.40. The van der Waals surface area contributed by atoms with Crippen LogP contribution >= 0.6 is 11.7 Å². The number of nitrogens with two attached hydrogens (primary N) is 1. The highest BCUT2D eigenvalue weighted by atomic mass is 32.1. The molecule has 0 amide bonds. The lowest BCUT2D eigenvalue weighted by atomic mass is 10.1. The molecule has 2 aromatic rings. The van der Waals surface area contributed by atoms with E-state index in [1.54, 1.807) is 12.4 Å². The lowest BCUT2D eigenvalue weighted by Crippen LogP contribution is -2.12. The number of nitrogens with zero attached hydrogens (tertiary/aromatic N) is 4. The Balaban J connectivity index is 1.91. The standard InChI is InChI=1S/C9H13N5S/c1-14-5-4-11-9(14)3-2-7(10)8-6-12-15-13-8/h4-7H,2-3,10H2,1H3. The van der Waals surface area contributed by atoms with Crippen molar-refractivity contribution in [3.63, 3.8) is 0 Å². The second-order valence-corrected chi connectivity index (χ2v) is 3.99. The fourth-order valence-corrected chi connectivity index (χ4v) is 1.88. The second kappa shape index (κ2) is 4.50. The molecule has 6 heteroatoms. The average molecular weight is 223 g/mol. The van der Waals surface area contributed by atoms with Gasteiger partial charge in [0.05, 0.1) is 29.7 Å². The molecule has 15 heavy (non-hydrogen) atoms. The summed E-state index contributed by atoms with van der Waals surface area (Å²) < 4.78 is 10.1. The molecule has 2 N–H and O–H groups in total. The maximum Gasteiger partial charge on any atom is 0.108 e. The van der Waals surface area contributed by atoms with Gasteiger partial charge in [0.1, 0.15) is 5.82 Å². The van der Waals surface area contributed by atoms with Crippen molar-refractivity contribution in [2.24, 2.45) is 12.8 Å². The fourth-order valence-electron chi connectivity index (χ4n) is 1.41. The number of hydrogen-bond acceptors (Lipinski definition) is 5. The lowest BCUT2D eigenvalue weighted by Gasteiger charge is -2.07. The molecular formula is C9H13N5S. The maximum absolute atomic E-state index is 5.97. The van der Waals surface area contributed by atoms with Gasteiger partial charge in [-0.15, -0.1) is 0 Å². The molecule has 0 bridgehead atoms. The summed E-state index contributed by atoms with van der Waals surface area (Å²) in [6.45, 7) is 0. The summed E-state index contributed by atoms with van der Waals surface area (Å²) in [5, 5.41) is 0. The van der Waals surface area contributed by atoms with Gasteiger partial charge in [-0.2, -0.15) is 8.75 Å². The van der Waals surface area contributed by atoms with Gasteiger partial charge in [0, 0.05) is 25.9 Å². The Bertz CT molecular complexity index is 408. The van der Waals surface area contributed by atoms with E-state index in [1.807, 2.05) is 17.8 Å². The van der Waals surface area contributed by atoms with E-state index < -0.39 is 0 Å². The summed E-state index contributed by atoms with van der Waals surface area (Å²) in [6, 6.07) is -0.0413. The van der Waals surface area contributed by atoms with E-state index in [0.717, 1.165) is 24.4 Å². The molecule has 0 aliphatic carbocycles. The SMILES string of the molecule is Cn1ccnc1CCC(N)c1cnsn1. The van der Waals surface area contributed by atoms with Crippen LogP contribution in [0.1, 0.15) is 24.0 Å². The van der Waals surface area contributed by atoms with Gasteiger partial charge in [-0.25, -0.2) is 4.98 Å². The highest BCUT2D eigenvalue weighted by Gasteiger charge is 2.10. The van der Waals surface area contributed by atoms with Crippen molar-refractivity contribution >= 4 is 11.7 Å². The Morgan fingerprint density at radius 2 is 2.47 bits per heavy atom. The first-order valence-electron chi connectivity index (χ1n) is 4.76. The summed E-state index contributed by atoms with van der Waals surface area (Å²) in [7, 11) is 1.98. The molecule has 80 valence electrons. The third-order valence-corrected chi connectivity index (χ3v) is 2.85. The molecule has 1 atom stereocenters. The highest BCUT2D eigenvalue weighted by Crippen LogP contribution is 2.13. The second-order valence-electron chi connectivity index (χ2n) is 3.43. The van der Waals surface area contributed by atoms with Crippen LogP contribution in [0.4, 0.5) is 0 Å². The Morgan fingerprint density at radius 3 is 3.07 bits per heavy atom. The quantitative estimate of drug-likeness (QED) is 0.836. The van der Waals surface area contributed by atoms with Crippen LogP contribution in [0.2, 0.25) is 0 Å². The van der Waals surface area contributed by atoms with Crippen molar-refractivity contribution in [1.82, 2.24) is 18.3 Å². The number of aromatic nitrogens is 4. The normalized spacial score (nSPS) is 12.9. The van der Waals surface area contributed by atoms with Crippen molar-refractivity contribution in [2.75, 3.05) is 0 Å². The van der Waals surface area contributed by atoms with Crippen LogP contribution in [0, 0.1) is 0 Å². The molecular weight excluding hydrogens is 210 g/mol. The van der Waals surface area contributed by atoms with Gasteiger partial charge < -0.3 is 10.3 Å². The molecule has 0 saturated carbocycles. The molecule has 5 nitrogen and oxygen atoms in total. The first-order chi connectivity index (χ1) is 7.27. The summed E-state index contributed by atoms with van der Waals surface area (Å²) in [6.07, 6.45) is 7.17. The Hall–Kier alpha value is -1.27. The molecule has 2 aromatic heterocycles. The van der Waals surface area contributed by atoms with Gasteiger partial charge >= 0.3 is 0 Å². The van der Waals surface area contributed by atoms with Crippen LogP contribution in [-0.4, -0.2) is 18.3 Å². The highest BCUT2D eigenvalue weighted by molar-refractivity contribution is 6.99. The van der Waals surface area contributed by atoms with Gasteiger partial charge in [-0.1, -0.05) is 0 Å². The van der Waals surface area contributed by atoms with Gasteiger partial charge in [0.2, 0.25) is 0 Å². The van der Waals surface area contributed by atoms with Crippen molar-refractivity contribution in [3.05, 3.63) is 30.1 Å². The predicted molar refractivity (Wildman–Crippen MR) is 58.4 cm³/mol. The van der Waals surface area contributed by atoms with Gasteiger partial charge in [-0.3, -0.25) is 0 Å². The zero-order valence-electron chi connectivity index (χ0n) is 8.50. The van der Waals surface area contributed by atoms with E-state index in [9.17, 15) is 0 Å². The van der Waals surface area contributed by atoms with Gasteiger partial charge in [0.25, 0.3) is 0 Å². The molecule has 0 aliphatic heterocycles. The first kappa shape index (κ1) is 10.3. The Labute approximate surface area is 92.3 Å². The number of imidazole rings is 1. The van der Waals surface area contributed by atoms with E-state index >= 15 is 0 Å². The molecule has 2 heterocycles. The minimum absolute atomic E-state index is 0.0413. The molecule has 0 radical (unpaired) electrons. The van der Waals surface area contributed by atoms with Crippen LogP contribution in [0.5, 0.6) is 0 Å². The van der Waals surface area contributed by atoms with Crippen LogP contribution in [-0.2, 0) is 13.5 Å². The Kier molecular flexibility index (Phi) is 3.08. The van der Waals surface area contributed by atoms with Gasteiger partial charge in [-0.05, 0) is 6.42 Å². The zero-order chi connectivity index (χ0) is 10.7. The van der Waals surface area contributed by atoms with E-state index in [0.29, 0.717) is 0 Å². The topological polar surface area (TPSA) is 69.6 Å². The zero-order valence-corrected chi connectivity index (χ0v) is 9.31. The number of aryl methyl sites for hydroxylation is 2. The molecule has 1 unspecified atom stereocenters. The van der Waals surface area contributed by atoms with Crippen LogP contribution in [0.3, 0.4) is 0 Å². The number of rotatable bonds is 4. The lowest BCUT2D eigenvalue weighted by molar-refractivity contribution is 0.611. The van der Waals surface area contributed by atoms with E-state index in [2.05, 4.69) is 13.7 Å². The van der Waals surface area contributed by atoms with Crippen molar-refractivity contribution in [1.29, 1.82) is 0 Å². The molecule has 0 saturated heterocycles. The van der Waals surface area contributed by atoms with Crippen molar-refractivity contribution < 1.29 is 0 Å². The number of hydrogen-bond donors (Lipinski definition) is 1. The first-order valence-corrected chi connectivity index (χ1v) is 5.49. The van der Waals surface area contributed by atoms with Gasteiger partial charge in [0.15, 0.2) is 0 Å². The van der Waals surface area contributed by atoms with E-state index in [4.69, 9.17) is 5.73 Å². The summed E-state index contributed by atoms with van der Waals surface area (Å²) in [5.74, 6) is 1.05. The van der Waals surface area contributed by atoms with Crippen molar-refractivity contribution in [2.45, 2.75) is 18.9 Å². The maximum atomic E-state index is 5.97. The summed E-state index contributed by atoms with van der Waals surface area (Å²) in [4.78, 5) is 4.24. The van der Waals surface area contributed by atoms with E-state index in [1.165, 1.54) is 11.7 Å². The van der Waals surface area contributed by atoms with Crippen molar-refractivity contribution in [3.8, 4) is 0 Å². The predicted octanol–water partition coefficient (Wildman–Crippen LogP) is 0.904. The molecule has 0 spiro atoms. The Morgan fingerprint density at radius 1 is 1.60 bits per heavy atom. The fraction of sp³-hybridized carbons (Fsp3) is 0.444. The van der Waals surface area contributed by atoms with Crippen LogP contribution < -0.4 is 5.73 Å². The monoisotopic (exact) mass is 223 g/mol. The van der Waals surface area contributed by atoms with Crippen LogP contribution in [0.15, 0.2) is 18.6 Å². The molecule has 2 rings (SSSR count). The van der Waals surface area contributed by atoms with Crippen LogP contribution in [0.25, 0.3) is 0 Å². The molecule has 0 fully saturated rings. The minimum Gasteiger partial charge on any atom is -0.338 e. The smallest absolute Gasteiger partial charge is 0.108 e. The molecule has 0 aromatic carbocycles. The summed E-state index contributed by atoms with van der Waals surface area (Å²) >= 11 is 1.19. The third-order valence-electron chi connectivity index (χ3n) is 2.36. The summed E-state index contributed by atoms with van der Waals surface area (Å²) in [5.41, 5.74) is 6.84. The largest absolute Gasteiger partial charge is 0.338 e.